The zero-order valence-corrected chi connectivity index (χ0v) is 22.3. The van der Waals surface area contributed by atoms with Gasteiger partial charge in [-0.15, -0.1) is 0 Å². The summed E-state index contributed by atoms with van der Waals surface area (Å²) < 4.78 is 7.08. The molecule has 0 saturated heterocycles. The lowest BCUT2D eigenvalue weighted by molar-refractivity contribution is 0.0937. The Hall–Kier alpha value is -3.44. The molecule has 1 amide bonds. The largest absolute Gasteiger partial charge is 0.383 e. The second-order valence-electron chi connectivity index (χ2n) is 10.7. The maximum Gasteiger partial charge on any atom is 0.251 e. The molecular weight excluding hydrogens is 446 g/mol. The lowest BCUT2D eigenvalue weighted by atomic mass is 9.82. The molecule has 1 aromatic heterocycles. The van der Waals surface area contributed by atoms with Gasteiger partial charge in [-0.3, -0.25) is 9.48 Å². The second kappa shape index (κ2) is 10.7. The van der Waals surface area contributed by atoms with Crippen molar-refractivity contribution in [3.8, 4) is 11.1 Å². The van der Waals surface area contributed by atoms with Crippen molar-refractivity contribution in [1.29, 1.82) is 0 Å². The maximum atomic E-state index is 12.6. The van der Waals surface area contributed by atoms with E-state index >= 15 is 0 Å². The van der Waals surface area contributed by atoms with Gasteiger partial charge in [-0.2, -0.15) is 5.10 Å². The van der Waals surface area contributed by atoms with Crippen LogP contribution < -0.4 is 5.32 Å². The molecule has 0 spiro atoms. The molecular formula is C31H37N3O2. The highest BCUT2D eigenvalue weighted by Crippen LogP contribution is 2.33. The standard InChI is InChI=1S/C31H37N3O2/c1-21(2)29-26-19-24(30(35)32-17-18-36-6)15-16-28(26)34(33-29)20-22-11-13-23(14-12-22)25-9-7-8-10-27(25)31(3,4)5/h7-16,19,21H,17-18,20H2,1-6H3,(H,32,35). The van der Waals surface area contributed by atoms with Gasteiger partial charge in [0.2, 0.25) is 0 Å². The van der Waals surface area contributed by atoms with Crippen molar-refractivity contribution in [2.75, 3.05) is 20.3 Å². The number of nitrogens with one attached hydrogen (secondary N) is 1. The number of fused-ring (bicyclic) bond motifs is 1. The summed E-state index contributed by atoms with van der Waals surface area (Å²) in [5, 5.41) is 8.88. The highest BCUT2D eigenvalue weighted by molar-refractivity contribution is 5.98. The molecule has 0 saturated carbocycles. The van der Waals surface area contributed by atoms with Crippen molar-refractivity contribution >= 4 is 16.8 Å². The minimum Gasteiger partial charge on any atom is -0.383 e. The van der Waals surface area contributed by atoms with E-state index in [2.05, 4.69) is 93.1 Å². The number of nitrogens with zero attached hydrogens (tertiary/aromatic N) is 2. The first kappa shape index (κ1) is 25.6. The Bertz CT molecular complexity index is 1340. The van der Waals surface area contributed by atoms with Crippen molar-refractivity contribution in [3.05, 3.63) is 89.1 Å². The molecule has 0 aliphatic heterocycles. The van der Waals surface area contributed by atoms with Gasteiger partial charge in [-0.25, -0.2) is 0 Å². The molecule has 0 atom stereocenters. The molecule has 0 radical (unpaired) electrons. The molecule has 0 unspecified atom stereocenters. The summed E-state index contributed by atoms with van der Waals surface area (Å²) in [5.41, 5.74) is 7.80. The van der Waals surface area contributed by atoms with E-state index in [0.717, 1.165) is 16.6 Å². The molecule has 3 aromatic carbocycles. The van der Waals surface area contributed by atoms with E-state index < -0.39 is 0 Å². The number of carbonyl (C=O) groups excluding carboxylic acids is 1. The lowest BCUT2D eigenvalue weighted by Gasteiger charge is -2.23. The van der Waals surface area contributed by atoms with Gasteiger partial charge >= 0.3 is 0 Å². The van der Waals surface area contributed by atoms with Crippen molar-refractivity contribution in [2.45, 2.75) is 52.5 Å². The molecule has 5 nitrogen and oxygen atoms in total. The number of hydrogen-bond acceptors (Lipinski definition) is 3. The van der Waals surface area contributed by atoms with E-state index in [0.29, 0.717) is 25.3 Å². The van der Waals surface area contributed by atoms with Gasteiger partial charge in [0.15, 0.2) is 0 Å². The van der Waals surface area contributed by atoms with Crippen LogP contribution >= 0.6 is 0 Å². The molecule has 0 aliphatic carbocycles. The van der Waals surface area contributed by atoms with Crippen LogP contribution in [0.25, 0.3) is 22.0 Å². The Kier molecular flexibility index (Phi) is 7.60. The smallest absolute Gasteiger partial charge is 0.251 e. The van der Waals surface area contributed by atoms with Gasteiger partial charge < -0.3 is 10.1 Å². The molecule has 5 heteroatoms. The average Bonchev–Trinajstić information content (AvgIpc) is 3.22. The zero-order valence-electron chi connectivity index (χ0n) is 22.3. The number of benzene rings is 3. The van der Waals surface area contributed by atoms with Gasteiger partial charge in [0.25, 0.3) is 5.91 Å². The second-order valence-corrected chi connectivity index (χ2v) is 10.7. The molecule has 4 rings (SSSR count). The Labute approximate surface area is 214 Å². The normalized spacial score (nSPS) is 11.9. The summed E-state index contributed by atoms with van der Waals surface area (Å²) in [6, 6.07) is 23.3. The van der Waals surface area contributed by atoms with E-state index in [9.17, 15) is 4.79 Å². The van der Waals surface area contributed by atoms with Crippen LogP contribution in [0.4, 0.5) is 0 Å². The first-order valence-corrected chi connectivity index (χ1v) is 12.7. The highest BCUT2D eigenvalue weighted by atomic mass is 16.5. The highest BCUT2D eigenvalue weighted by Gasteiger charge is 2.19. The first-order valence-electron chi connectivity index (χ1n) is 12.7. The number of carbonyl (C=O) groups is 1. The van der Waals surface area contributed by atoms with Gasteiger partial charge in [0, 0.05) is 24.6 Å². The zero-order chi connectivity index (χ0) is 25.9. The Morgan fingerprint density at radius 3 is 2.42 bits per heavy atom. The van der Waals surface area contributed by atoms with Crippen LogP contribution in [-0.2, 0) is 16.7 Å². The van der Waals surface area contributed by atoms with Crippen LogP contribution in [0.2, 0.25) is 0 Å². The minimum absolute atomic E-state index is 0.0794. The average molecular weight is 484 g/mol. The summed E-state index contributed by atoms with van der Waals surface area (Å²) in [6.07, 6.45) is 0. The van der Waals surface area contributed by atoms with E-state index in [1.54, 1.807) is 7.11 Å². The van der Waals surface area contributed by atoms with Crippen molar-refractivity contribution in [1.82, 2.24) is 15.1 Å². The van der Waals surface area contributed by atoms with Crippen LogP contribution in [0, 0.1) is 0 Å². The number of rotatable bonds is 8. The monoisotopic (exact) mass is 483 g/mol. The summed E-state index contributed by atoms with van der Waals surface area (Å²) in [7, 11) is 1.62. The van der Waals surface area contributed by atoms with Gasteiger partial charge in [0.05, 0.1) is 24.4 Å². The predicted octanol–water partition coefficient (Wildman–Crippen LogP) is 6.55. The molecule has 4 aromatic rings. The molecule has 0 aliphatic rings. The number of hydrogen-bond donors (Lipinski definition) is 1. The quantitative estimate of drug-likeness (QED) is 0.289. The fourth-order valence-corrected chi connectivity index (χ4v) is 4.61. The third-order valence-corrected chi connectivity index (χ3v) is 6.51. The fraction of sp³-hybridized carbons (Fsp3) is 0.355. The fourth-order valence-electron chi connectivity index (χ4n) is 4.61. The Morgan fingerprint density at radius 2 is 1.75 bits per heavy atom. The van der Waals surface area contributed by atoms with Crippen LogP contribution in [0.1, 0.15) is 67.7 Å². The van der Waals surface area contributed by atoms with Crippen molar-refractivity contribution in [3.63, 3.8) is 0 Å². The van der Waals surface area contributed by atoms with Crippen molar-refractivity contribution in [2.24, 2.45) is 0 Å². The number of methoxy groups -OCH3 is 1. The van der Waals surface area contributed by atoms with Crippen LogP contribution in [0.15, 0.2) is 66.7 Å². The number of aromatic nitrogens is 2. The van der Waals surface area contributed by atoms with Crippen LogP contribution in [0.3, 0.4) is 0 Å². The maximum absolute atomic E-state index is 12.6. The van der Waals surface area contributed by atoms with Gasteiger partial charge in [0.1, 0.15) is 0 Å². The molecule has 0 bridgehead atoms. The van der Waals surface area contributed by atoms with E-state index in [-0.39, 0.29) is 17.2 Å². The minimum atomic E-state index is -0.0949. The third kappa shape index (κ3) is 5.52. The third-order valence-electron chi connectivity index (χ3n) is 6.51. The summed E-state index contributed by atoms with van der Waals surface area (Å²) >= 11 is 0. The Balaban J connectivity index is 1.62. The molecule has 1 N–H and O–H groups in total. The van der Waals surface area contributed by atoms with E-state index in [1.807, 2.05) is 18.2 Å². The van der Waals surface area contributed by atoms with E-state index in [1.165, 1.54) is 22.3 Å². The molecule has 36 heavy (non-hydrogen) atoms. The summed E-state index contributed by atoms with van der Waals surface area (Å²) in [4.78, 5) is 12.6. The van der Waals surface area contributed by atoms with Gasteiger partial charge in [-0.05, 0) is 51.8 Å². The van der Waals surface area contributed by atoms with Crippen LogP contribution in [-0.4, -0.2) is 35.9 Å². The lowest BCUT2D eigenvalue weighted by Crippen LogP contribution is -2.26. The topological polar surface area (TPSA) is 56.1 Å². The molecule has 188 valence electrons. The van der Waals surface area contributed by atoms with E-state index in [4.69, 9.17) is 9.84 Å². The first-order chi connectivity index (χ1) is 17.2. The number of ether oxygens (including phenoxy) is 1. The van der Waals surface area contributed by atoms with Crippen molar-refractivity contribution < 1.29 is 9.53 Å². The summed E-state index contributed by atoms with van der Waals surface area (Å²) in [5.74, 6) is 0.152. The SMILES string of the molecule is COCCNC(=O)c1ccc2c(c1)c(C(C)C)nn2Cc1ccc(-c2ccccc2C(C)(C)C)cc1. The molecule has 0 fully saturated rings. The Morgan fingerprint density at radius 1 is 1.03 bits per heavy atom. The van der Waals surface area contributed by atoms with Gasteiger partial charge in [-0.1, -0.05) is 83.1 Å². The predicted molar refractivity (Wildman–Crippen MR) is 148 cm³/mol. The van der Waals surface area contributed by atoms with Crippen LogP contribution in [0.5, 0.6) is 0 Å². The molecule has 1 heterocycles. The summed E-state index contributed by atoms with van der Waals surface area (Å²) in [6.45, 7) is 12.7. The number of amides is 1.